The van der Waals surface area contributed by atoms with Crippen molar-refractivity contribution in [3.8, 4) is 0 Å². The van der Waals surface area contributed by atoms with Crippen LogP contribution >= 0.6 is 11.8 Å². The molecule has 1 aromatic carbocycles. The van der Waals surface area contributed by atoms with Crippen molar-refractivity contribution in [2.24, 2.45) is 5.73 Å². The largest absolute Gasteiger partial charge is 0.347 e. The number of rotatable bonds is 5. The zero-order valence-electron chi connectivity index (χ0n) is 11.4. The lowest BCUT2D eigenvalue weighted by Gasteiger charge is -2.05. The molecule has 0 bridgehead atoms. The fourth-order valence-corrected chi connectivity index (χ4v) is 3.04. The van der Waals surface area contributed by atoms with Crippen molar-refractivity contribution in [1.29, 1.82) is 0 Å². The molecule has 2 nitrogen and oxygen atoms in total. The van der Waals surface area contributed by atoms with Crippen molar-refractivity contribution < 1.29 is 0 Å². The number of hydrogen-bond donors (Lipinski definition) is 1. The summed E-state index contributed by atoms with van der Waals surface area (Å²) >= 11 is 1.99. The molecule has 1 aromatic heterocycles. The highest BCUT2D eigenvalue weighted by Crippen LogP contribution is 2.28. The van der Waals surface area contributed by atoms with E-state index in [1.165, 1.54) is 22.0 Å². The Kier molecular flexibility index (Phi) is 4.36. The van der Waals surface area contributed by atoms with Crippen molar-refractivity contribution in [3.63, 3.8) is 0 Å². The summed E-state index contributed by atoms with van der Waals surface area (Å²) in [6.07, 6.45) is 2.29. The summed E-state index contributed by atoms with van der Waals surface area (Å²) in [4.78, 5) is 0. The normalized spacial score (nSPS) is 11.6. The second-order valence-corrected chi connectivity index (χ2v) is 6.38. The molecule has 0 saturated heterocycles. The van der Waals surface area contributed by atoms with E-state index in [0.717, 1.165) is 12.3 Å². The van der Waals surface area contributed by atoms with E-state index in [4.69, 9.17) is 5.73 Å². The van der Waals surface area contributed by atoms with Crippen molar-refractivity contribution in [3.05, 3.63) is 35.5 Å². The lowest BCUT2D eigenvalue weighted by atomic mass is 10.1. The minimum atomic E-state index is 0.609. The fraction of sp³-hybridized carbons (Fsp3) is 0.467. The Morgan fingerprint density at radius 1 is 1.28 bits per heavy atom. The SMILES string of the molecule is CCn1cc(CSC(C)C)c2cccc(CN)c21. The van der Waals surface area contributed by atoms with Crippen LogP contribution in [0.4, 0.5) is 0 Å². The molecule has 0 fully saturated rings. The number of thioether (sulfide) groups is 1. The van der Waals surface area contributed by atoms with Crippen molar-refractivity contribution in [1.82, 2.24) is 4.57 Å². The summed E-state index contributed by atoms with van der Waals surface area (Å²) in [5.41, 5.74) is 9.85. The standard InChI is InChI=1S/C15H22N2S/c1-4-17-9-13(10-18-11(2)3)14-7-5-6-12(8-16)15(14)17/h5-7,9,11H,4,8,10,16H2,1-3H3. The van der Waals surface area contributed by atoms with Gasteiger partial charge in [-0.25, -0.2) is 0 Å². The summed E-state index contributed by atoms with van der Waals surface area (Å²) in [6.45, 7) is 8.29. The first-order valence-corrected chi connectivity index (χ1v) is 7.63. The van der Waals surface area contributed by atoms with E-state index in [1.807, 2.05) is 11.8 Å². The van der Waals surface area contributed by atoms with E-state index < -0.39 is 0 Å². The number of aryl methyl sites for hydroxylation is 1. The highest BCUT2D eigenvalue weighted by Gasteiger charge is 2.11. The van der Waals surface area contributed by atoms with Gasteiger partial charge in [-0.3, -0.25) is 0 Å². The molecule has 0 aliphatic heterocycles. The molecule has 0 aliphatic rings. The third-order valence-corrected chi connectivity index (χ3v) is 4.34. The highest BCUT2D eigenvalue weighted by atomic mass is 32.2. The summed E-state index contributed by atoms with van der Waals surface area (Å²) in [6, 6.07) is 6.47. The van der Waals surface area contributed by atoms with E-state index in [2.05, 4.69) is 49.7 Å². The topological polar surface area (TPSA) is 30.9 Å². The number of para-hydroxylation sites is 1. The lowest BCUT2D eigenvalue weighted by molar-refractivity contribution is 0.790. The monoisotopic (exact) mass is 262 g/mol. The highest BCUT2D eigenvalue weighted by molar-refractivity contribution is 7.99. The van der Waals surface area contributed by atoms with Gasteiger partial charge in [0.1, 0.15) is 0 Å². The van der Waals surface area contributed by atoms with E-state index in [0.29, 0.717) is 11.8 Å². The van der Waals surface area contributed by atoms with Gasteiger partial charge in [-0.1, -0.05) is 32.0 Å². The molecular formula is C15H22N2S. The smallest absolute Gasteiger partial charge is 0.0528 e. The van der Waals surface area contributed by atoms with Gasteiger partial charge < -0.3 is 10.3 Å². The second-order valence-electron chi connectivity index (χ2n) is 4.82. The van der Waals surface area contributed by atoms with E-state index in [9.17, 15) is 0 Å². The number of nitrogens with zero attached hydrogens (tertiary/aromatic N) is 1. The Bertz CT molecular complexity index is 529. The molecule has 2 N–H and O–H groups in total. The van der Waals surface area contributed by atoms with Crippen molar-refractivity contribution in [2.45, 2.75) is 44.9 Å². The van der Waals surface area contributed by atoms with Crippen LogP contribution in [0, 0.1) is 0 Å². The number of hydrogen-bond acceptors (Lipinski definition) is 2. The maximum absolute atomic E-state index is 5.85. The Labute approximate surface area is 114 Å². The molecule has 2 aromatic rings. The maximum Gasteiger partial charge on any atom is 0.0528 e. The third-order valence-electron chi connectivity index (χ3n) is 3.20. The van der Waals surface area contributed by atoms with Gasteiger partial charge in [0.2, 0.25) is 0 Å². The second kappa shape index (κ2) is 5.81. The first-order chi connectivity index (χ1) is 8.67. The molecule has 0 saturated carbocycles. The Morgan fingerprint density at radius 2 is 2.06 bits per heavy atom. The average molecular weight is 262 g/mol. The predicted molar refractivity (Wildman–Crippen MR) is 81.9 cm³/mol. The molecule has 0 aliphatic carbocycles. The molecule has 0 spiro atoms. The van der Waals surface area contributed by atoms with Gasteiger partial charge in [0.25, 0.3) is 0 Å². The molecule has 0 radical (unpaired) electrons. The predicted octanol–water partition coefficient (Wildman–Crippen LogP) is 3.76. The molecule has 2 rings (SSSR count). The molecule has 3 heteroatoms. The number of aromatic nitrogens is 1. The number of nitrogens with two attached hydrogens (primary N) is 1. The molecule has 0 amide bonds. The molecule has 98 valence electrons. The van der Waals surface area contributed by atoms with E-state index >= 15 is 0 Å². The molecule has 0 unspecified atom stereocenters. The van der Waals surface area contributed by atoms with Gasteiger partial charge in [-0.05, 0) is 23.3 Å². The number of benzene rings is 1. The lowest BCUT2D eigenvalue weighted by Crippen LogP contribution is -2.00. The Morgan fingerprint density at radius 3 is 2.67 bits per heavy atom. The van der Waals surface area contributed by atoms with Gasteiger partial charge in [-0.15, -0.1) is 0 Å². The van der Waals surface area contributed by atoms with Crippen LogP contribution in [-0.2, 0) is 18.8 Å². The molecule has 18 heavy (non-hydrogen) atoms. The third kappa shape index (κ3) is 2.57. The Hall–Kier alpha value is -0.930. The molecule has 1 heterocycles. The van der Waals surface area contributed by atoms with Crippen LogP contribution in [0.1, 0.15) is 31.9 Å². The van der Waals surface area contributed by atoms with Gasteiger partial charge in [0.15, 0.2) is 0 Å². The summed E-state index contributed by atoms with van der Waals surface area (Å²) in [5, 5.41) is 2.04. The summed E-state index contributed by atoms with van der Waals surface area (Å²) in [7, 11) is 0. The van der Waals surface area contributed by atoms with Crippen molar-refractivity contribution in [2.75, 3.05) is 0 Å². The minimum absolute atomic E-state index is 0.609. The number of fused-ring (bicyclic) bond motifs is 1. The van der Waals surface area contributed by atoms with Crippen LogP contribution < -0.4 is 5.73 Å². The zero-order chi connectivity index (χ0) is 13.1. The maximum atomic E-state index is 5.85. The minimum Gasteiger partial charge on any atom is -0.347 e. The quantitative estimate of drug-likeness (QED) is 0.889. The zero-order valence-corrected chi connectivity index (χ0v) is 12.3. The van der Waals surface area contributed by atoms with Gasteiger partial charge >= 0.3 is 0 Å². The first-order valence-electron chi connectivity index (χ1n) is 6.58. The molecule has 0 atom stereocenters. The van der Waals surface area contributed by atoms with Crippen LogP contribution in [0.5, 0.6) is 0 Å². The van der Waals surface area contributed by atoms with Gasteiger partial charge in [0, 0.05) is 30.4 Å². The average Bonchev–Trinajstić information content (AvgIpc) is 2.74. The van der Waals surface area contributed by atoms with Crippen LogP contribution in [0.25, 0.3) is 10.9 Å². The first kappa shape index (κ1) is 13.5. The summed E-state index contributed by atoms with van der Waals surface area (Å²) in [5.74, 6) is 1.08. The Balaban J connectivity index is 2.48. The van der Waals surface area contributed by atoms with Crippen LogP contribution in [0.15, 0.2) is 24.4 Å². The van der Waals surface area contributed by atoms with Crippen LogP contribution in [0.2, 0.25) is 0 Å². The molecular weight excluding hydrogens is 240 g/mol. The van der Waals surface area contributed by atoms with Gasteiger partial charge in [0.05, 0.1) is 5.52 Å². The van der Waals surface area contributed by atoms with Crippen LogP contribution in [0.3, 0.4) is 0 Å². The van der Waals surface area contributed by atoms with Crippen molar-refractivity contribution >= 4 is 22.7 Å². The van der Waals surface area contributed by atoms with Gasteiger partial charge in [-0.2, -0.15) is 11.8 Å². The fourth-order valence-electron chi connectivity index (χ4n) is 2.30. The van der Waals surface area contributed by atoms with E-state index in [1.54, 1.807) is 0 Å². The van der Waals surface area contributed by atoms with Crippen LogP contribution in [-0.4, -0.2) is 9.82 Å². The van der Waals surface area contributed by atoms with E-state index in [-0.39, 0.29) is 0 Å². The summed E-state index contributed by atoms with van der Waals surface area (Å²) < 4.78 is 2.33.